The van der Waals surface area contributed by atoms with Crippen molar-refractivity contribution in [3.63, 3.8) is 0 Å². The molecular weight excluding hydrogens is 280 g/mol. The molecule has 120 valence electrons. The van der Waals surface area contributed by atoms with E-state index in [0.717, 1.165) is 25.4 Å². The van der Waals surface area contributed by atoms with Crippen LogP contribution in [0.15, 0.2) is 0 Å². The number of hydrogen-bond acceptors (Lipinski definition) is 3. The van der Waals surface area contributed by atoms with E-state index in [9.17, 15) is 4.79 Å². The lowest BCUT2D eigenvalue weighted by Gasteiger charge is -2.43. The number of amides is 1. The lowest BCUT2D eigenvalue weighted by molar-refractivity contribution is -0.136. The van der Waals surface area contributed by atoms with Crippen LogP contribution in [0, 0.1) is 11.8 Å². The second kappa shape index (κ2) is 5.07. The van der Waals surface area contributed by atoms with Crippen LogP contribution in [-0.2, 0) is 9.22 Å². The zero-order chi connectivity index (χ0) is 15.4. The summed E-state index contributed by atoms with van der Waals surface area (Å²) in [5.74, 6) is 1.79. The quantitative estimate of drug-likeness (QED) is 0.813. The number of piperazine rings is 1. The molecule has 1 heterocycles. The predicted octanol–water partition coefficient (Wildman–Crippen LogP) is 2.22. The van der Waals surface area contributed by atoms with Crippen molar-refractivity contribution in [2.75, 3.05) is 19.6 Å². The summed E-state index contributed by atoms with van der Waals surface area (Å²) in [5.41, 5.74) is 0. The average Bonchev–Trinajstić information content (AvgIpc) is 3.05. The predicted molar refractivity (Wildman–Crippen MR) is 86.7 cm³/mol. The van der Waals surface area contributed by atoms with Gasteiger partial charge < -0.3 is 14.6 Å². The molecule has 0 radical (unpaired) electrons. The highest BCUT2D eigenvalue weighted by molar-refractivity contribution is 6.74. The molecule has 1 aliphatic heterocycles. The topological polar surface area (TPSA) is 41.6 Å². The summed E-state index contributed by atoms with van der Waals surface area (Å²) < 4.78 is 6.76. The van der Waals surface area contributed by atoms with Gasteiger partial charge in [-0.15, -0.1) is 0 Å². The molecule has 2 aliphatic carbocycles. The Labute approximate surface area is 129 Å². The first-order valence-corrected chi connectivity index (χ1v) is 11.3. The minimum atomic E-state index is -1.77. The summed E-state index contributed by atoms with van der Waals surface area (Å²) >= 11 is 0. The van der Waals surface area contributed by atoms with E-state index in [0.29, 0.717) is 18.5 Å². The summed E-state index contributed by atoms with van der Waals surface area (Å²) in [6.07, 6.45) is 2.77. The van der Waals surface area contributed by atoms with Crippen LogP contribution in [0.3, 0.4) is 0 Å². The molecule has 21 heavy (non-hydrogen) atoms. The number of rotatable bonds is 3. The largest absolute Gasteiger partial charge is 0.412 e. The summed E-state index contributed by atoms with van der Waals surface area (Å²) in [6, 6.07) is 0.331. The molecule has 4 nitrogen and oxygen atoms in total. The smallest absolute Gasteiger partial charge is 0.236 e. The van der Waals surface area contributed by atoms with Crippen LogP contribution < -0.4 is 5.32 Å². The summed E-state index contributed by atoms with van der Waals surface area (Å²) in [4.78, 5) is 14.3. The van der Waals surface area contributed by atoms with Crippen molar-refractivity contribution < 1.29 is 9.22 Å². The van der Waals surface area contributed by atoms with Gasteiger partial charge in [0.15, 0.2) is 8.32 Å². The molecule has 0 spiro atoms. The fraction of sp³-hybridized carbons (Fsp3) is 0.938. The van der Waals surface area contributed by atoms with Gasteiger partial charge in [0.05, 0.1) is 18.7 Å². The zero-order valence-corrected chi connectivity index (χ0v) is 15.1. The van der Waals surface area contributed by atoms with Crippen LogP contribution >= 0.6 is 0 Å². The SMILES string of the molecule is CC(C)(C)[Si](C)(C)O[C@H]1[C@H]2C[C@H]2C[C@@H]1N1CCNCC1=O. The number of fused-ring (bicyclic) bond motifs is 1. The second-order valence-electron chi connectivity index (χ2n) is 8.57. The molecule has 0 aromatic rings. The fourth-order valence-corrected chi connectivity index (χ4v) is 5.00. The van der Waals surface area contributed by atoms with E-state index in [2.05, 4.69) is 44.1 Å². The van der Waals surface area contributed by atoms with Gasteiger partial charge >= 0.3 is 0 Å². The van der Waals surface area contributed by atoms with Gasteiger partial charge in [-0.2, -0.15) is 0 Å². The van der Waals surface area contributed by atoms with Crippen LogP contribution in [0.2, 0.25) is 18.1 Å². The standard InChI is InChI=1S/C16H30N2O2Si/c1-16(2,3)21(4,5)20-15-12-8-11(12)9-13(15)18-7-6-17-10-14(18)19/h11-13,15,17H,6-10H2,1-5H3/t11-,12-,13-,15-/m0/s1. The van der Waals surface area contributed by atoms with Gasteiger partial charge in [0, 0.05) is 13.1 Å². The summed E-state index contributed by atoms with van der Waals surface area (Å²) in [6.45, 7) is 13.8. The normalized spacial score (nSPS) is 36.8. The van der Waals surface area contributed by atoms with Gasteiger partial charge in [0.2, 0.25) is 5.91 Å². The molecule has 3 aliphatic rings. The fourth-order valence-electron chi connectivity index (χ4n) is 3.63. The number of nitrogens with zero attached hydrogens (tertiary/aromatic N) is 1. The molecule has 1 amide bonds. The molecule has 1 saturated heterocycles. The van der Waals surface area contributed by atoms with E-state index in [1.807, 2.05) is 0 Å². The van der Waals surface area contributed by atoms with Crippen molar-refractivity contribution >= 4 is 14.2 Å². The van der Waals surface area contributed by atoms with Gasteiger partial charge in [-0.05, 0) is 42.8 Å². The van der Waals surface area contributed by atoms with Crippen LogP contribution in [0.5, 0.6) is 0 Å². The minimum Gasteiger partial charge on any atom is -0.412 e. The third kappa shape index (κ3) is 2.80. The van der Waals surface area contributed by atoms with E-state index in [1.165, 1.54) is 6.42 Å². The minimum absolute atomic E-state index is 0.234. The van der Waals surface area contributed by atoms with Crippen molar-refractivity contribution in [3.05, 3.63) is 0 Å². The molecule has 1 N–H and O–H groups in total. The molecular formula is C16H30N2O2Si. The van der Waals surface area contributed by atoms with Crippen molar-refractivity contribution in [1.29, 1.82) is 0 Å². The maximum Gasteiger partial charge on any atom is 0.236 e. The molecule has 3 rings (SSSR count). The Bertz CT molecular complexity index is 432. The maximum atomic E-state index is 12.2. The van der Waals surface area contributed by atoms with Gasteiger partial charge in [-0.1, -0.05) is 20.8 Å². The van der Waals surface area contributed by atoms with E-state index in [-0.39, 0.29) is 17.0 Å². The van der Waals surface area contributed by atoms with E-state index in [1.54, 1.807) is 0 Å². The molecule has 4 atom stereocenters. The summed E-state index contributed by atoms with van der Waals surface area (Å²) in [5, 5.41) is 3.41. The molecule has 5 heteroatoms. The van der Waals surface area contributed by atoms with E-state index >= 15 is 0 Å². The van der Waals surface area contributed by atoms with Crippen LogP contribution in [-0.4, -0.2) is 50.9 Å². The van der Waals surface area contributed by atoms with E-state index in [4.69, 9.17) is 4.43 Å². The molecule has 2 saturated carbocycles. The lowest BCUT2D eigenvalue weighted by Crippen LogP contribution is -2.57. The zero-order valence-electron chi connectivity index (χ0n) is 14.1. The molecule has 0 aromatic heterocycles. The Kier molecular flexibility index (Phi) is 3.74. The number of hydrogen-bond donors (Lipinski definition) is 1. The number of carbonyl (C=O) groups excluding carboxylic acids is 1. The third-order valence-electron chi connectivity index (χ3n) is 6.09. The summed E-state index contributed by atoms with van der Waals surface area (Å²) in [7, 11) is -1.77. The first-order valence-electron chi connectivity index (χ1n) is 8.39. The Balaban J connectivity index is 1.75. The van der Waals surface area contributed by atoms with Gasteiger partial charge in [0.25, 0.3) is 0 Å². The maximum absolute atomic E-state index is 12.2. The Morgan fingerprint density at radius 3 is 2.62 bits per heavy atom. The monoisotopic (exact) mass is 310 g/mol. The molecule has 3 fully saturated rings. The Morgan fingerprint density at radius 2 is 2.00 bits per heavy atom. The Morgan fingerprint density at radius 1 is 1.29 bits per heavy atom. The van der Waals surface area contributed by atoms with Gasteiger partial charge in [0.1, 0.15) is 0 Å². The second-order valence-corrected chi connectivity index (χ2v) is 13.3. The first kappa shape index (κ1) is 15.5. The average molecular weight is 311 g/mol. The third-order valence-corrected chi connectivity index (χ3v) is 10.6. The number of nitrogens with one attached hydrogen (secondary N) is 1. The van der Waals surface area contributed by atoms with Crippen molar-refractivity contribution in [2.45, 2.75) is 63.9 Å². The van der Waals surface area contributed by atoms with Crippen LogP contribution in [0.1, 0.15) is 33.6 Å². The molecule has 0 unspecified atom stereocenters. The highest BCUT2D eigenvalue weighted by atomic mass is 28.4. The highest BCUT2D eigenvalue weighted by Gasteiger charge is 2.58. The lowest BCUT2D eigenvalue weighted by atomic mass is 10.1. The van der Waals surface area contributed by atoms with Crippen molar-refractivity contribution in [1.82, 2.24) is 10.2 Å². The number of carbonyl (C=O) groups is 1. The van der Waals surface area contributed by atoms with Crippen LogP contribution in [0.25, 0.3) is 0 Å². The van der Waals surface area contributed by atoms with Gasteiger partial charge in [-0.25, -0.2) is 0 Å². The highest BCUT2D eigenvalue weighted by Crippen LogP contribution is 2.56. The van der Waals surface area contributed by atoms with E-state index < -0.39 is 8.32 Å². The van der Waals surface area contributed by atoms with Crippen LogP contribution in [0.4, 0.5) is 0 Å². The Hall–Kier alpha value is -0.393. The van der Waals surface area contributed by atoms with Crippen molar-refractivity contribution in [3.8, 4) is 0 Å². The van der Waals surface area contributed by atoms with Crippen molar-refractivity contribution in [2.24, 2.45) is 11.8 Å². The first-order chi connectivity index (χ1) is 9.71. The molecule has 0 bridgehead atoms. The molecule has 0 aromatic carbocycles. The van der Waals surface area contributed by atoms with Gasteiger partial charge in [-0.3, -0.25) is 4.79 Å².